The summed E-state index contributed by atoms with van der Waals surface area (Å²) >= 11 is 0. The molecule has 4 rings (SSSR count). The third kappa shape index (κ3) is 2.76. The molecule has 2 heteroatoms. The van der Waals surface area contributed by atoms with Gasteiger partial charge in [0.1, 0.15) is 5.75 Å². The smallest absolute Gasteiger partial charge is 0.120 e. The van der Waals surface area contributed by atoms with Crippen LogP contribution in [0, 0.1) is 13.8 Å². The maximum absolute atomic E-state index is 10.4. The van der Waals surface area contributed by atoms with Crippen molar-refractivity contribution < 1.29 is 5.11 Å². The van der Waals surface area contributed by atoms with Gasteiger partial charge >= 0.3 is 0 Å². The summed E-state index contributed by atoms with van der Waals surface area (Å²) in [6.07, 6.45) is 4.99. The zero-order valence-electron chi connectivity index (χ0n) is 14.0. The Labute approximate surface area is 138 Å². The minimum Gasteiger partial charge on any atom is -0.508 e. The van der Waals surface area contributed by atoms with Gasteiger partial charge in [-0.25, -0.2) is 0 Å². The molecule has 0 aliphatic heterocycles. The summed E-state index contributed by atoms with van der Waals surface area (Å²) in [5, 5.41) is 10.4. The molecule has 0 unspecified atom stereocenters. The van der Waals surface area contributed by atoms with Gasteiger partial charge in [-0.1, -0.05) is 30.3 Å². The molecule has 2 aliphatic carbocycles. The SMILES string of the molecule is Cc1cc(O)c(CN(C2CC2)[C@@H]2CCc3ccccc32)cc1C. The number of phenols is 1. The van der Waals surface area contributed by atoms with Gasteiger partial charge in [0.15, 0.2) is 0 Å². The Morgan fingerprint density at radius 2 is 1.78 bits per heavy atom. The van der Waals surface area contributed by atoms with Crippen LogP contribution in [0.5, 0.6) is 5.75 Å². The fourth-order valence-corrected chi connectivity index (χ4v) is 3.96. The Bertz CT molecular complexity index is 733. The highest BCUT2D eigenvalue weighted by atomic mass is 16.3. The molecule has 1 fully saturated rings. The number of benzene rings is 2. The van der Waals surface area contributed by atoms with E-state index in [-0.39, 0.29) is 0 Å². The molecule has 1 N–H and O–H groups in total. The first-order chi connectivity index (χ1) is 11.1. The molecule has 1 atom stereocenters. The lowest BCUT2D eigenvalue weighted by Crippen LogP contribution is -2.29. The Kier molecular flexibility index (Phi) is 3.65. The predicted molar refractivity (Wildman–Crippen MR) is 93.6 cm³/mol. The summed E-state index contributed by atoms with van der Waals surface area (Å²) in [6.45, 7) is 5.05. The third-order valence-electron chi connectivity index (χ3n) is 5.57. The summed E-state index contributed by atoms with van der Waals surface area (Å²) in [6, 6.07) is 14.2. The minimum absolute atomic E-state index is 0.449. The van der Waals surface area contributed by atoms with Crippen molar-refractivity contribution in [3.63, 3.8) is 0 Å². The second-order valence-electron chi connectivity index (χ2n) is 7.22. The largest absolute Gasteiger partial charge is 0.508 e. The van der Waals surface area contributed by atoms with Gasteiger partial charge < -0.3 is 5.11 Å². The van der Waals surface area contributed by atoms with E-state index in [4.69, 9.17) is 0 Å². The van der Waals surface area contributed by atoms with Gasteiger partial charge in [-0.3, -0.25) is 4.90 Å². The van der Waals surface area contributed by atoms with Gasteiger partial charge in [-0.05, 0) is 67.9 Å². The van der Waals surface area contributed by atoms with E-state index in [0.29, 0.717) is 17.8 Å². The quantitative estimate of drug-likeness (QED) is 0.888. The number of phenolic OH excluding ortho intramolecular Hbond substituents is 1. The minimum atomic E-state index is 0.449. The fourth-order valence-electron chi connectivity index (χ4n) is 3.96. The Morgan fingerprint density at radius 3 is 2.57 bits per heavy atom. The second kappa shape index (κ2) is 5.68. The first-order valence-electron chi connectivity index (χ1n) is 8.76. The topological polar surface area (TPSA) is 23.5 Å². The van der Waals surface area contributed by atoms with E-state index in [9.17, 15) is 5.11 Å². The number of rotatable bonds is 4. The van der Waals surface area contributed by atoms with E-state index in [0.717, 1.165) is 17.7 Å². The standard InChI is InChI=1S/C21H25NO/c1-14-11-17(21(23)12-15(14)2)13-22(18-8-9-18)20-10-7-16-5-3-4-6-19(16)20/h3-6,11-12,18,20,23H,7-10,13H2,1-2H3/t20-/m1/s1. The van der Waals surface area contributed by atoms with Crippen LogP contribution in [0.3, 0.4) is 0 Å². The summed E-state index contributed by atoms with van der Waals surface area (Å²) < 4.78 is 0. The molecule has 0 bridgehead atoms. The molecule has 120 valence electrons. The van der Waals surface area contributed by atoms with Crippen molar-refractivity contribution in [2.24, 2.45) is 0 Å². The number of nitrogens with zero attached hydrogens (tertiary/aromatic N) is 1. The molecule has 0 heterocycles. The fraction of sp³-hybridized carbons (Fsp3) is 0.429. The highest BCUT2D eigenvalue weighted by Gasteiger charge is 2.37. The number of fused-ring (bicyclic) bond motifs is 1. The van der Waals surface area contributed by atoms with Gasteiger partial charge in [0.05, 0.1) is 0 Å². The van der Waals surface area contributed by atoms with Crippen molar-refractivity contribution in [3.8, 4) is 5.75 Å². The molecule has 2 aromatic rings. The lowest BCUT2D eigenvalue weighted by molar-refractivity contribution is 0.175. The van der Waals surface area contributed by atoms with Gasteiger partial charge in [0.2, 0.25) is 0 Å². The van der Waals surface area contributed by atoms with Crippen molar-refractivity contribution in [1.82, 2.24) is 4.90 Å². The molecule has 1 saturated carbocycles. The van der Waals surface area contributed by atoms with Crippen molar-refractivity contribution >= 4 is 0 Å². The second-order valence-corrected chi connectivity index (χ2v) is 7.22. The molecule has 0 spiro atoms. The molecule has 2 nitrogen and oxygen atoms in total. The number of hydrogen-bond donors (Lipinski definition) is 1. The Hall–Kier alpha value is -1.80. The van der Waals surface area contributed by atoms with Gasteiger partial charge in [-0.15, -0.1) is 0 Å². The summed E-state index contributed by atoms with van der Waals surface area (Å²) in [5.41, 5.74) is 6.51. The number of aryl methyl sites for hydroxylation is 3. The Morgan fingerprint density at radius 1 is 1.04 bits per heavy atom. The van der Waals surface area contributed by atoms with Crippen LogP contribution in [0.2, 0.25) is 0 Å². The van der Waals surface area contributed by atoms with Crippen LogP contribution < -0.4 is 0 Å². The molecule has 0 aromatic heterocycles. The zero-order valence-corrected chi connectivity index (χ0v) is 14.0. The molecule has 2 aliphatic rings. The molecule has 23 heavy (non-hydrogen) atoms. The molecule has 0 saturated heterocycles. The van der Waals surface area contributed by atoms with Gasteiger partial charge in [0.25, 0.3) is 0 Å². The predicted octanol–water partition coefficient (Wildman–Crippen LogP) is 4.66. The monoisotopic (exact) mass is 307 g/mol. The van der Waals surface area contributed by atoms with E-state index in [2.05, 4.69) is 49.1 Å². The van der Waals surface area contributed by atoms with Crippen molar-refractivity contribution in [2.75, 3.05) is 0 Å². The molecule has 2 aromatic carbocycles. The van der Waals surface area contributed by atoms with Crippen molar-refractivity contribution in [3.05, 3.63) is 64.2 Å². The molecular formula is C21H25NO. The van der Waals surface area contributed by atoms with Crippen LogP contribution in [0.4, 0.5) is 0 Å². The van der Waals surface area contributed by atoms with Crippen LogP contribution in [0.15, 0.2) is 36.4 Å². The number of aromatic hydroxyl groups is 1. The van der Waals surface area contributed by atoms with Crippen LogP contribution in [-0.4, -0.2) is 16.0 Å². The zero-order chi connectivity index (χ0) is 16.0. The summed E-state index contributed by atoms with van der Waals surface area (Å²) in [5.74, 6) is 0.449. The van der Waals surface area contributed by atoms with Gasteiger partial charge in [-0.2, -0.15) is 0 Å². The van der Waals surface area contributed by atoms with E-state index >= 15 is 0 Å². The summed E-state index contributed by atoms with van der Waals surface area (Å²) in [4.78, 5) is 2.63. The first kappa shape index (κ1) is 14.8. The van der Waals surface area contributed by atoms with Crippen LogP contribution in [0.1, 0.15) is 53.1 Å². The van der Waals surface area contributed by atoms with Crippen molar-refractivity contribution in [2.45, 2.75) is 58.2 Å². The Balaban J connectivity index is 1.64. The lowest BCUT2D eigenvalue weighted by Gasteiger charge is -2.30. The molecule has 0 amide bonds. The third-order valence-corrected chi connectivity index (χ3v) is 5.57. The normalized spacial score (nSPS) is 20.0. The van der Waals surface area contributed by atoms with Gasteiger partial charge in [0, 0.05) is 24.2 Å². The molecule has 0 radical (unpaired) electrons. The average molecular weight is 307 g/mol. The van der Waals surface area contributed by atoms with Crippen molar-refractivity contribution in [1.29, 1.82) is 0 Å². The van der Waals surface area contributed by atoms with Crippen LogP contribution >= 0.6 is 0 Å². The van der Waals surface area contributed by atoms with E-state index in [1.54, 1.807) is 0 Å². The highest BCUT2D eigenvalue weighted by molar-refractivity contribution is 5.41. The van der Waals surface area contributed by atoms with E-state index < -0.39 is 0 Å². The summed E-state index contributed by atoms with van der Waals surface area (Å²) in [7, 11) is 0. The highest BCUT2D eigenvalue weighted by Crippen LogP contribution is 2.43. The van der Waals surface area contributed by atoms with Crippen LogP contribution in [-0.2, 0) is 13.0 Å². The maximum Gasteiger partial charge on any atom is 0.120 e. The lowest BCUT2D eigenvalue weighted by atomic mass is 10.0. The van der Waals surface area contributed by atoms with E-state index in [1.165, 1.54) is 42.4 Å². The first-order valence-corrected chi connectivity index (χ1v) is 8.76. The van der Waals surface area contributed by atoms with Crippen LogP contribution in [0.25, 0.3) is 0 Å². The molecular weight excluding hydrogens is 282 g/mol. The average Bonchev–Trinajstić information content (AvgIpc) is 3.29. The number of hydrogen-bond acceptors (Lipinski definition) is 2. The maximum atomic E-state index is 10.4. The van der Waals surface area contributed by atoms with E-state index in [1.807, 2.05) is 6.07 Å².